The Morgan fingerprint density at radius 2 is 1.17 bits per heavy atom. The molecule has 0 aromatic rings. The summed E-state index contributed by atoms with van der Waals surface area (Å²) in [6.45, 7) is 12.3. The normalized spacial score (nSPS) is 13.8. The molecule has 0 aliphatic rings. The molecule has 0 aliphatic carbocycles. The first-order chi connectivity index (χ1) is 14.2. The zero-order valence-corrected chi connectivity index (χ0v) is 21.3. The molecule has 0 fully saturated rings. The van der Waals surface area contributed by atoms with Crippen LogP contribution in [0, 0.1) is 0 Å². The monoisotopic (exact) mass is 455 g/mol. The minimum Gasteiger partial charge on any atom is -0.378 e. The van der Waals surface area contributed by atoms with Crippen LogP contribution < -0.4 is 5.73 Å². The second kappa shape index (κ2) is 23.3. The van der Waals surface area contributed by atoms with Crippen LogP contribution in [-0.4, -0.2) is 82.9 Å². The average Bonchev–Trinajstić information content (AvgIpc) is 2.71. The van der Waals surface area contributed by atoms with Gasteiger partial charge in [0.15, 0.2) is 12.6 Å². The summed E-state index contributed by atoms with van der Waals surface area (Å²) in [6.07, 6.45) is 8.97. The molecule has 2 N–H and O–H groups in total. The van der Waals surface area contributed by atoms with E-state index in [1.165, 1.54) is 18.7 Å². The average molecular weight is 456 g/mol. The zero-order valence-electron chi connectivity index (χ0n) is 19.3. The molecule has 0 radical (unpaired) electrons. The third-order valence-corrected chi connectivity index (χ3v) is 6.85. The van der Waals surface area contributed by atoms with Crippen LogP contribution in [-0.2, 0) is 23.7 Å². The smallest absolute Gasteiger partial charge is 0.161 e. The number of ether oxygens (including phenoxy) is 5. The van der Waals surface area contributed by atoms with Gasteiger partial charge in [-0.25, -0.2) is 0 Å². The fraction of sp³-hybridized carbons (Fsp3) is 1.00. The molecular formula is C21H47NO5P2. The van der Waals surface area contributed by atoms with E-state index in [0.717, 1.165) is 55.4 Å². The number of nitrogens with two attached hydrogens (primary N) is 1. The van der Waals surface area contributed by atoms with Crippen LogP contribution >= 0.6 is 17.2 Å². The highest BCUT2D eigenvalue weighted by Gasteiger charge is 2.12. The van der Waals surface area contributed by atoms with Crippen molar-refractivity contribution in [2.75, 3.05) is 64.2 Å². The molecule has 0 bridgehead atoms. The fourth-order valence-electron chi connectivity index (χ4n) is 2.88. The van der Waals surface area contributed by atoms with Crippen molar-refractivity contribution >= 4 is 17.2 Å². The van der Waals surface area contributed by atoms with Crippen molar-refractivity contribution in [2.24, 2.45) is 5.73 Å². The van der Waals surface area contributed by atoms with Gasteiger partial charge in [-0.3, -0.25) is 0 Å². The Bertz CT molecular complexity index is 317. The quantitative estimate of drug-likeness (QED) is 0.142. The van der Waals surface area contributed by atoms with E-state index in [1.54, 1.807) is 0 Å². The van der Waals surface area contributed by atoms with E-state index in [4.69, 9.17) is 29.4 Å². The van der Waals surface area contributed by atoms with E-state index in [0.29, 0.717) is 39.1 Å². The van der Waals surface area contributed by atoms with Gasteiger partial charge in [-0.2, -0.15) is 0 Å². The van der Waals surface area contributed by atoms with Gasteiger partial charge >= 0.3 is 0 Å². The first kappa shape index (κ1) is 29.6. The minimum atomic E-state index is -0.0511. The van der Waals surface area contributed by atoms with Crippen molar-refractivity contribution in [3.8, 4) is 0 Å². The first-order valence-corrected chi connectivity index (χ1v) is 14.2. The van der Waals surface area contributed by atoms with Crippen molar-refractivity contribution in [1.29, 1.82) is 0 Å². The van der Waals surface area contributed by atoms with E-state index in [2.05, 4.69) is 0 Å². The maximum Gasteiger partial charge on any atom is 0.161 e. The molecule has 0 spiro atoms. The van der Waals surface area contributed by atoms with Gasteiger partial charge in [0.2, 0.25) is 0 Å². The lowest BCUT2D eigenvalue weighted by atomic mass is 10.1. The van der Waals surface area contributed by atoms with Crippen LogP contribution in [0.25, 0.3) is 0 Å². The van der Waals surface area contributed by atoms with Crippen molar-refractivity contribution in [3.63, 3.8) is 0 Å². The molecule has 3 atom stereocenters. The maximum atomic E-state index is 6.11. The van der Waals surface area contributed by atoms with Gasteiger partial charge in [-0.15, -0.1) is 17.2 Å². The summed E-state index contributed by atoms with van der Waals surface area (Å²) in [4.78, 5) is 0. The summed E-state index contributed by atoms with van der Waals surface area (Å²) >= 11 is 0. The van der Waals surface area contributed by atoms with E-state index in [9.17, 15) is 0 Å². The van der Waals surface area contributed by atoms with Crippen LogP contribution in [0.3, 0.4) is 0 Å². The highest BCUT2D eigenvalue weighted by Crippen LogP contribution is 2.22. The molecule has 0 aliphatic heterocycles. The highest BCUT2D eigenvalue weighted by molar-refractivity contribution is 7.38. The van der Waals surface area contributed by atoms with Crippen LogP contribution in [0.15, 0.2) is 0 Å². The predicted octanol–water partition coefficient (Wildman–Crippen LogP) is 4.05. The second-order valence-corrected chi connectivity index (χ2v) is 9.47. The van der Waals surface area contributed by atoms with Gasteiger partial charge in [0.1, 0.15) is 0 Å². The Morgan fingerprint density at radius 3 is 1.66 bits per heavy atom. The van der Waals surface area contributed by atoms with Gasteiger partial charge < -0.3 is 29.4 Å². The van der Waals surface area contributed by atoms with E-state index in [1.807, 2.05) is 27.7 Å². The van der Waals surface area contributed by atoms with E-state index >= 15 is 0 Å². The molecule has 0 rings (SSSR count). The zero-order chi connectivity index (χ0) is 21.6. The summed E-state index contributed by atoms with van der Waals surface area (Å²) < 4.78 is 28.6. The van der Waals surface area contributed by atoms with Gasteiger partial charge in [0.25, 0.3) is 0 Å². The number of hydrogen-bond acceptors (Lipinski definition) is 6. The lowest BCUT2D eigenvalue weighted by Crippen LogP contribution is -2.21. The summed E-state index contributed by atoms with van der Waals surface area (Å²) in [5.74, 6) is 0. The molecule has 6 nitrogen and oxygen atoms in total. The molecule has 0 saturated carbocycles. The first-order valence-electron chi connectivity index (χ1n) is 11.4. The van der Waals surface area contributed by atoms with Gasteiger partial charge in [-0.05, 0) is 72.2 Å². The molecule has 0 aromatic heterocycles. The van der Waals surface area contributed by atoms with Crippen molar-refractivity contribution in [2.45, 2.75) is 72.1 Å². The molecule has 0 saturated heterocycles. The lowest BCUT2D eigenvalue weighted by Gasteiger charge is -2.20. The van der Waals surface area contributed by atoms with Gasteiger partial charge in [0.05, 0.1) is 6.10 Å². The highest BCUT2D eigenvalue weighted by atomic mass is 31.1. The summed E-state index contributed by atoms with van der Waals surface area (Å²) in [7, 11) is 1.72. The Balaban J connectivity index is 4.07. The molecule has 176 valence electrons. The lowest BCUT2D eigenvalue weighted by molar-refractivity contribution is -0.120. The third kappa shape index (κ3) is 19.1. The molecule has 0 heterocycles. The van der Waals surface area contributed by atoms with Crippen molar-refractivity contribution in [3.05, 3.63) is 0 Å². The predicted molar refractivity (Wildman–Crippen MR) is 127 cm³/mol. The van der Waals surface area contributed by atoms with E-state index in [-0.39, 0.29) is 12.6 Å². The molecule has 3 unspecified atom stereocenters. The molecule has 0 amide bonds. The van der Waals surface area contributed by atoms with Crippen LogP contribution in [0.5, 0.6) is 0 Å². The van der Waals surface area contributed by atoms with Crippen molar-refractivity contribution < 1.29 is 23.7 Å². The molecule has 29 heavy (non-hydrogen) atoms. The minimum absolute atomic E-state index is 0.0373. The Kier molecular flexibility index (Phi) is 23.8. The second-order valence-electron chi connectivity index (χ2n) is 6.65. The SMILES string of the molecule is CCOC(CPCCCC(CCPCC(OCC)OCC)OCCCN)OCC. The summed E-state index contributed by atoms with van der Waals surface area (Å²) in [5, 5.41) is 0. The molecule has 0 aromatic carbocycles. The number of rotatable bonds is 23. The Labute approximate surface area is 183 Å². The maximum absolute atomic E-state index is 6.11. The van der Waals surface area contributed by atoms with E-state index < -0.39 is 0 Å². The Morgan fingerprint density at radius 1 is 0.655 bits per heavy atom. The molecular weight excluding hydrogens is 408 g/mol. The summed E-state index contributed by atoms with van der Waals surface area (Å²) in [6, 6.07) is 0. The van der Waals surface area contributed by atoms with Crippen LogP contribution in [0.2, 0.25) is 0 Å². The third-order valence-electron chi connectivity index (χ3n) is 4.26. The van der Waals surface area contributed by atoms with Gasteiger partial charge in [-0.1, -0.05) is 0 Å². The van der Waals surface area contributed by atoms with Crippen LogP contribution in [0.1, 0.15) is 53.4 Å². The van der Waals surface area contributed by atoms with Crippen molar-refractivity contribution in [1.82, 2.24) is 0 Å². The number of hydrogen-bond donors (Lipinski definition) is 1. The topological polar surface area (TPSA) is 72.2 Å². The van der Waals surface area contributed by atoms with Crippen LogP contribution in [0.4, 0.5) is 0 Å². The van der Waals surface area contributed by atoms with Gasteiger partial charge in [0, 0.05) is 45.4 Å². The standard InChI is InChI=1S/C21H47NO5P2/c1-5-23-20(24-6-2)17-28-15-9-11-19(27-14-10-13-22)12-16-29-18-21(25-7-3)26-8-4/h19-21,28-29H,5-18,22H2,1-4H3. The molecule has 8 heteroatoms. The summed E-state index contributed by atoms with van der Waals surface area (Å²) in [5.41, 5.74) is 5.61. The largest absolute Gasteiger partial charge is 0.378 e. The Hall–Kier alpha value is 0.620. The fourth-order valence-corrected chi connectivity index (χ4v) is 5.21.